The van der Waals surface area contributed by atoms with Gasteiger partial charge >= 0.3 is 0 Å². The predicted octanol–water partition coefficient (Wildman–Crippen LogP) is 4.83. The Balaban J connectivity index is 0. The molecule has 5 nitrogen and oxygen atoms in total. The maximum atomic E-state index is 12.2. The van der Waals surface area contributed by atoms with Crippen LogP contribution in [-0.2, 0) is 9.59 Å². The Bertz CT molecular complexity index is 582. The summed E-state index contributed by atoms with van der Waals surface area (Å²) in [4.78, 5) is 42.8. The van der Waals surface area contributed by atoms with Gasteiger partial charge in [0.25, 0.3) is 5.97 Å². The van der Waals surface area contributed by atoms with Crippen molar-refractivity contribution >= 4 is 23.3 Å². The first-order valence-corrected chi connectivity index (χ1v) is 8.36. The summed E-state index contributed by atoms with van der Waals surface area (Å²) in [5.74, 6) is -0.544. The zero-order chi connectivity index (χ0) is 21.3. The van der Waals surface area contributed by atoms with Gasteiger partial charge in [0.2, 0.25) is 0 Å². The highest BCUT2D eigenvalue weighted by Crippen LogP contribution is 2.24. The highest BCUT2D eigenvalue weighted by Gasteiger charge is 2.26. The molecule has 0 unspecified atom stereocenters. The third kappa shape index (κ3) is 12.1. The quantitative estimate of drug-likeness (QED) is 0.759. The van der Waals surface area contributed by atoms with Crippen LogP contribution >= 0.6 is 0 Å². The second-order valence-electron chi connectivity index (χ2n) is 8.17. The zero-order valence-corrected chi connectivity index (χ0v) is 17.4. The Morgan fingerprint density at radius 1 is 0.731 bits per heavy atom. The van der Waals surface area contributed by atoms with E-state index in [2.05, 4.69) is 0 Å². The minimum Gasteiger partial charge on any atom is -0.481 e. The molecule has 1 rings (SSSR count). The highest BCUT2D eigenvalue weighted by molar-refractivity contribution is 6.04. The van der Waals surface area contributed by atoms with E-state index in [9.17, 15) is 14.4 Å². The predicted molar refractivity (Wildman–Crippen MR) is 104 cm³/mol. The summed E-state index contributed by atoms with van der Waals surface area (Å²) in [7, 11) is 0. The van der Waals surface area contributed by atoms with Gasteiger partial charge in [-0.1, -0.05) is 59.7 Å². The molecule has 0 radical (unpaired) electrons. The van der Waals surface area contributed by atoms with Crippen LogP contribution in [0.5, 0.6) is 0 Å². The lowest BCUT2D eigenvalue weighted by Gasteiger charge is -2.19. The Morgan fingerprint density at radius 2 is 0.962 bits per heavy atom. The fourth-order valence-corrected chi connectivity index (χ4v) is 1.67. The zero-order valence-electron chi connectivity index (χ0n) is 17.4. The Hall–Kier alpha value is -2.30. The summed E-state index contributed by atoms with van der Waals surface area (Å²) in [6.45, 7) is 15.4. The van der Waals surface area contributed by atoms with Crippen LogP contribution in [0, 0.1) is 10.8 Å². The van der Waals surface area contributed by atoms with Gasteiger partial charge in [0.1, 0.15) is 5.78 Å². The normalized spacial score (nSPS) is 10.5. The Morgan fingerprint density at radius 3 is 1.15 bits per heavy atom. The molecule has 0 fully saturated rings. The van der Waals surface area contributed by atoms with E-state index in [1.807, 2.05) is 41.5 Å². The van der Waals surface area contributed by atoms with Crippen LogP contribution in [0.2, 0.25) is 0 Å². The van der Waals surface area contributed by atoms with E-state index in [0.717, 1.165) is 6.92 Å². The first-order valence-electron chi connectivity index (χ1n) is 8.36. The van der Waals surface area contributed by atoms with Crippen molar-refractivity contribution in [2.75, 3.05) is 0 Å². The minimum absolute atomic E-state index is 0.0612. The first kappa shape index (κ1) is 25.9. The smallest absolute Gasteiger partial charge is 0.300 e. The van der Waals surface area contributed by atoms with Gasteiger partial charge in [-0.3, -0.25) is 14.4 Å². The van der Waals surface area contributed by atoms with E-state index >= 15 is 0 Å². The summed E-state index contributed by atoms with van der Waals surface area (Å²) in [5, 5.41) is 7.42. The van der Waals surface area contributed by atoms with Crippen molar-refractivity contribution in [3.8, 4) is 0 Å². The molecule has 0 aliphatic heterocycles. The van der Waals surface area contributed by atoms with Crippen LogP contribution in [0.15, 0.2) is 24.3 Å². The monoisotopic (exact) mass is 364 g/mol. The molecule has 26 heavy (non-hydrogen) atoms. The summed E-state index contributed by atoms with van der Waals surface area (Å²) in [6.07, 6.45) is 0. The SMILES string of the molecule is CC(=O)O.CC(C)(C)C(=O)c1cccc(C(=O)C(C)(C)C)c1.CC(C)=O. The molecule has 0 atom stereocenters. The van der Waals surface area contributed by atoms with Crippen LogP contribution in [0.1, 0.15) is 83.0 Å². The summed E-state index contributed by atoms with van der Waals surface area (Å²) in [6, 6.07) is 7.03. The molecule has 1 aromatic carbocycles. The molecule has 0 bridgehead atoms. The third-order valence-corrected chi connectivity index (χ3v) is 2.75. The maximum Gasteiger partial charge on any atom is 0.300 e. The maximum absolute atomic E-state index is 12.2. The summed E-state index contributed by atoms with van der Waals surface area (Å²) in [5.41, 5.74) is 0.363. The molecule has 146 valence electrons. The van der Waals surface area contributed by atoms with Gasteiger partial charge in [0.15, 0.2) is 11.6 Å². The van der Waals surface area contributed by atoms with Crippen molar-refractivity contribution in [3.05, 3.63) is 35.4 Å². The average molecular weight is 364 g/mol. The van der Waals surface area contributed by atoms with Gasteiger partial charge < -0.3 is 9.90 Å². The molecule has 0 aliphatic carbocycles. The van der Waals surface area contributed by atoms with Crippen molar-refractivity contribution in [2.45, 2.75) is 62.3 Å². The second-order valence-corrected chi connectivity index (χ2v) is 8.17. The molecule has 0 spiro atoms. The topological polar surface area (TPSA) is 88.5 Å². The molecule has 0 amide bonds. The molecule has 1 aromatic rings. The fraction of sp³-hybridized carbons (Fsp3) is 0.524. The lowest BCUT2D eigenvalue weighted by atomic mass is 9.83. The van der Waals surface area contributed by atoms with E-state index in [1.54, 1.807) is 24.3 Å². The second kappa shape index (κ2) is 10.6. The minimum atomic E-state index is -0.833. The number of Topliss-reactive ketones (excluding diaryl/α,β-unsaturated/α-hetero) is 3. The van der Waals surface area contributed by atoms with E-state index in [1.165, 1.54) is 13.8 Å². The number of carbonyl (C=O) groups excluding carboxylic acids is 3. The summed E-state index contributed by atoms with van der Waals surface area (Å²) >= 11 is 0. The van der Waals surface area contributed by atoms with Crippen molar-refractivity contribution in [1.82, 2.24) is 0 Å². The van der Waals surface area contributed by atoms with Gasteiger partial charge in [-0.05, 0) is 19.9 Å². The first-order chi connectivity index (χ1) is 11.5. The van der Waals surface area contributed by atoms with Gasteiger partial charge in [-0.15, -0.1) is 0 Å². The summed E-state index contributed by atoms with van der Waals surface area (Å²) < 4.78 is 0. The molecule has 0 heterocycles. The lowest BCUT2D eigenvalue weighted by Crippen LogP contribution is -2.23. The number of carbonyl (C=O) groups is 4. The number of hydrogen-bond acceptors (Lipinski definition) is 4. The molecular weight excluding hydrogens is 332 g/mol. The number of ketones is 3. The number of carboxylic acid groups (broad SMARTS) is 1. The van der Waals surface area contributed by atoms with E-state index in [0.29, 0.717) is 11.1 Å². The van der Waals surface area contributed by atoms with Crippen molar-refractivity contribution in [3.63, 3.8) is 0 Å². The molecule has 5 heteroatoms. The Labute approximate surface area is 156 Å². The van der Waals surface area contributed by atoms with E-state index in [-0.39, 0.29) is 17.3 Å². The number of rotatable bonds is 2. The number of aliphatic carboxylic acids is 1. The third-order valence-electron chi connectivity index (χ3n) is 2.75. The highest BCUT2D eigenvalue weighted by atomic mass is 16.4. The van der Waals surface area contributed by atoms with Crippen molar-refractivity contribution in [2.24, 2.45) is 10.8 Å². The molecule has 0 aromatic heterocycles. The molecule has 0 saturated heterocycles. The standard InChI is InChI=1S/C16H22O2.C3H6O.C2H4O2/c1-15(2,3)13(17)11-8-7-9-12(10-11)14(18)16(4,5)6;1-3(2)4;1-2(3)4/h7-10H,1-6H3;1-2H3;1H3,(H,3,4). The average Bonchev–Trinajstić information content (AvgIpc) is 2.42. The van der Waals surface area contributed by atoms with Crippen LogP contribution in [-0.4, -0.2) is 28.4 Å². The lowest BCUT2D eigenvalue weighted by molar-refractivity contribution is -0.134. The van der Waals surface area contributed by atoms with Gasteiger partial charge in [0.05, 0.1) is 0 Å². The number of hydrogen-bond donors (Lipinski definition) is 1. The fourth-order valence-electron chi connectivity index (χ4n) is 1.67. The van der Waals surface area contributed by atoms with Gasteiger partial charge in [-0.2, -0.15) is 0 Å². The number of carboxylic acids is 1. The van der Waals surface area contributed by atoms with Crippen molar-refractivity contribution in [1.29, 1.82) is 0 Å². The molecule has 0 aliphatic rings. The van der Waals surface area contributed by atoms with E-state index in [4.69, 9.17) is 9.90 Å². The molecule has 0 saturated carbocycles. The van der Waals surface area contributed by atoms with Crippen LogP contribution < -0.4 is 0 Å². The Kier molecular flexibility index (Phi) is 10.6. The van der Waals surface area contributed by atoms with Crippen molar-refractivity contribution < 1.29 is 24.3 Å². The van der Waals surface area contributed by atoms with Crippen LogP contribution in [0.3, 0.4) is 0 Å². The number of benzene rings is 1. The van der Waals surface area contributed by atoms with E-state index < -0.39 is 16.8 Å². The van der Waals surface area contributed by atoms with Crippen LogP contribution in [0.4, 0.5) is 0 Å². The van der Waals surface area contributed by atoms with Crippen LogP contribution in [0.25, 0.3) is 0 Å². The largest absolute Gasteiger partial charge is 0.481 e. The van der Waals surface area contributed by atoms with Gasteiger partial charge in [0, 0.05) is 28.9 Å². The molecule has 1 N–H and O–H groups in total. The molecular formula is C21H32O5. The van der Waals surface area contributed by atoms with Gasteiger partial charge in [-0.25, -0.2) is 0 Å².